The third kappa shape index (κ3) is 2.67. The maximum absolute atomic E-state index is 5.88. The van der Waals surface area contributed by atoms with Gasteiger partial charge in [-0.25, -0.2) is 0 Å². The third-order valence-electron chi connectivity index (χ3n) is 3.31. The summed E-state index contributed by atoms with van der Waals surface area (Å²) in [5.74, 6) is 0. The fraction of sp³-hybridized carbons (Fsp3) is 0.357. The van der Waals surface area contributed by atoms with Gasteiger partial charge in [-0.2, -0.15) is 9.97 Å². The number of aryl methyl sites for hydroxylation is 1. The number of halogens is 1. The zero-order chi connectivity index (χ0) is 13.9. The van der Waals surface area contributed by atoms with E-state index in [1.807, 2.05) is 12.1 Å². The minimum absolute atomic E-state index is 0.0527. The SMILES string of the molecule is COc1nc(Cl)nc(OC2CCCc3ccccc32)n1. The Hall–Kier alpha value is -1.88. The lowest BCUT2D eigenvalue weighted by molar-refractivity contribution is 0.164. The minimum atomic E-state index is -0.0527. The van der Waals surface area contributed by atoms with E-state index in [4.69, 9.17) is 21.1 Å². The molecule has 1 aliphatic rings. The van der Waals surface area contributed by atoms with Crippen molar-refractivity contribution in [1.29, 1.82) is 0 Å². The molecular formula is C14H14ClN3O2. The van der Waals surface area contributed by atoms with Gasteiger partial charge in [-0.15, -0.1) is 4.98 Å². The first-order valence-corrected chi connectivity index (χ1v) is 6.84. The van der Waals surface area contributed by atoms with E-state index in [-0.39, 0.29) is 23.4 Å². The van der Waals surface area contributed by atoms with E-state index in [0.29, 0.717) is 0 Å². The highest BCUT2D eigenvalue weighted by molar-refractivity contribution is 6.28. The van der Waals surface area contributed by atoms with Crippen LogP contribution in [0.15, 0.2) is 24.3 Å². The highest BCUT2D eigenvalue weighted by Crippen LogP contribution is 2.32. The second-order valence-corrected chi connectivity index (χ2v) is 4.91. The second kappa shape index (κ2) is 5.63. The number of hydrogen-bond acceptors (Lipinski definition) is 5. The molecule has 0 amide bonds. The van der Waals surface area contributed by atoms with E-state index in [1.165, 1.54) is 18.2 Å². The van der Waals surface area contributed by atoms with Gasteiger partial charge in [-0.1, -0.05) is 24.3 Å². The summed E-state index contributed by atoms with van der Waals surface area (Å²) >= 11 is 5.82. The molecule has 3 rings (SSSR count). The summed E-state index contributed by atoms with van der Waals surface area (Å²) in [4.78, 5) is 11.9. The molecule has 0 N–H and O–H groups in total. The monoisotopic (exact) mass is 291 g/mol. The van der Waals surface area contributed by atoms with Crippen LogP contribution in [0.1, 0.15) is 30.1 Å². The van der Waals surface area contributed by atoms with Crippen LogP contribution in [0.3, 0.4) is 0 Å². The van der Waals surface area contributed by atoms with Crippen molar-refractivity contribution in [2.75, 3.05) is 7.11 Å². The summed E-state index contributed by atoms with van der Waals surface area (Å²) < 4.78 is 10.8. The molecule has 0 bridgehead atoms. The Bertz CT molecular complexity index is 621. The number of rotatable bonds is 3. The number of aromatic nitrogens is 3. The number of ether oxygens (including phenoxy) is 2. The van der Waals surface area contributed by atoms with Gasteiger partial charge in [0.15, 0.2) is 0 Å². The molecule has 1 aliphatic carbocycles. The molecule has 20 heavy (non-hydrogen) atoms. The van der Waals surface area contributed by atoms with Crippen molar-refractivity contribution in [3.05, 3.63) is 40.7 Å². The van der Waals surface area contributed by atoms with Crippen molar-refractivity contribution in [3.8, 4) is 12.0 Å². The topological polar surface area (TPSA) is 57.1 Å². The van der Waals surface area contributed by atoms with E-state index < -0.39 is 0 Å². The van der Waals surface area contributed by atoms with Gasteiger partial charge < -0.3 is 9.47 Å². The molecular weight excluding hydrogens is 278 g/mol. The Kier molecular flexibility index (Phi) is 3.69. The first-order valence-electron chi connectivity index (χ1n) is 6.46. The quantitative estimate of drug-likeness (QED) is 0.870. The largest absolute Gasteiger partial charge is 0.467 e. The molecule has 5 nitrogen and oxygen atoms in total. The Morgan fingerprint density at radius 2 is 1.95 bits per heavy atom. The van der Waals surface area contributed by atoms with E-state index in [9.17, 15) is 0 Å². The standard InChI is InChI=1S/C14H14ClN3O2/c1-19-13-16-12(15)17-14(18-13)20-11-8-4-6-9-5-2-3-7-10(9)11/h2-3,5,7,11H,4,6,8H2,1H3. The predicted molar refractivity (Wildman–Crippen MR) is 74.1 cm³/mol. The van der Waals surface area contributed by atoms with Crippen LogP contribution >= 0.6 is 11.6 Å². The molecule has 1 heterocycles. The van der Waals surface area contributed by atoms with Crippen LogP contribution in [-0.2, 0) is 6.42 Å². The van der Waals surface area contributed by atoms with E-state index in [2.05, 4.69) is 27.1 Å². The van der Waals surface area contributed by atoms with Gasteiger partial charge in [0, 0.05) is 0 Å². The molecule has 1 atom stereocenters. The maximum Gasteiger partial charge on any atom is 0.324 e. The molecule has 104 valence electrons. The fourth-order valence-corrected chi connectivity index (χ4v) is 2.56. The average Bonchev–Trinajstić information content (AvgIpc) is 2.47. The first kappa shape index (κ1) is 13.1. The van der Waals surface area contributed by atoms with Gasteiger partial charge in [0.1, 0.15) is 6.10 Å². The molecule has 6 heteroatoms. The van der Waals surface area contributed by atoms with Crippen LogP contribution in [0, 0.1) is 0 Å². The molecule has 1 aromatic heterocycles. The Labute approximate surface area is 121 Å². The second-order valence-electron chi connectivity index (χ2n) is 4.57. The molecule has 0 aliphatic heterocycles. The van der Waals surface area contributed by atoms with Crippen LogP contribution in [0.5, 0.6) is 12.0 Å². The van der Waals surface area contributed by atoms with Crippen LogP contribution < -0.4 is 9.47 Å². The van der Waals surface area contributed by atoms with Gasteiger partial charge in [-0.05, 0) is 42.0 Å². The minimum Gasteiger partial charge on any atom is -0.467 e. The van der Waals surface area contributed by atoms with Crippen molar-refractivity contribution >= 4 is 11.6 Å². The summed E-state index contributed by atoms with van der Waals surface area (Å²) in [7, 11) is 1.48. The van der Waals surface area contributed by atoms with Crippen LogP contribution in [-0.4, -0.2) is 22.1 Å². The number of nitrogens with zero attached hydrogens (tertiary/aromatic N) is 3. The van der Waals surface area contributed by atoms with Gasteiger partial charge in [0.25, 0.3) is 0 Å². The summed E-state index contributed by atoms with van der Waals surface area (Å²) in [6.07, 6.45) is 3.04. The van der Waals surface area contributed by atoms with Gasteiger partial charge in [0.2, 0.25) is 5.28 Å². The van der Waals surface area contributed by atoms with Crippen LogP contribution in [0.4, 0.5) is 0 Å². The van der Waals surface area contributed by atoms with Gasteiger partial charge in [-0.3, -0.25) is 0 Å². The highest BCUT2D eigenvalue weighted by atomic mass is 35.5. The van der Waals surface area contributed by atoms with Crippen molar-refractivity contribution < 1.29 is 9.47 Å². The van der Waals surface area contributed by atoms with Gasteiger partial charge >= 0.3 is 12.0 Å². The molecule has 0 saturated carbocycles. The van der Waals surface area contributed by atoms with E-state index in [0.717, 1.165) is 19.3 Å². The smallest absolute Gasteiger partial charge is 0.324 e. The van der Waals surface area contributed by atoms with Crippen LogP contribution in [0.25, 0.3) is 0 Å². The van der Waals surface area contributed by atoms with Crippen LogP contribution in [0.2, 0.25) is 5.28 Å². The van der Waals surface area contributed by atoms with E-state index in [1.54, 1.807) is 0 Å². The molecule has 1 unspecified atom stereocenters. The molecule has 0 spiro atoms. The number of hydrogen-bond donors (Lipinski definition) is 0. The fourth-order valence-electron chi connectivity index (χ4n) is 2.42. The zero-order valence-electron chi connectivity index (χ0n) is 11.0. The number of benzene rings is 1. The van der Waals surface area contributed by atoms with Crippen molar-refractivity contribution in [3.63, 3.8) is 0 Å². The van der Waals surface area contributed by atoms with Crippen molar-refractivity contribution in [2.45, 2.75) is 25.4 Å². The Morgan fingerprint density at radius 3 is 2.80 bits per heavy atom. The maximum atomic E-state index is 5.88. The molecule has 0 saturated heterocycles. The lowest BCUT2D eigenvalue weighted by atomic mass is 9.89. The summed E-state index contributed by atoms with van der Waals surface area (Å²) in [6, 6.07) is 8.63. The predicted octanol–water partition coefficient (Wildman–Crippen LogP) is 2.99. The summed E-state index contributed by atoms with van der Waals surface area (Å²) in [5.41, 5.74) is 2.50. The van der Waals surface area contributed by atoms with Crippen molar-refractivity contribution in [2.24, 2.45) is 0 Å². The first-order chi connectivity index (χ1) is 9.76. The lowest BCUT2D eigenvalue weighted by Crippen LogP contribution is -2.16. The van der Waals surface area contributed by atoms with Gasteiger partial charge in [0.05, 0.1) is 7.11 Å². The molecule has 0 radical (unpaired) electrons. The number of fused-ring (bicyclic) bond motifs is 1. The molecule has 1 aromatic carbocycles. The molecule has 0 fully saturated rings. The summed E-state index contributed by atoms with van der Waals surface area (Å²) in [6.45, 7) is 0. The molecule has 2 aromatic rings. The normalized spacial score (nSPS) is 17.4. The third-order valence-corrected chi connectivity index (χ3v) is 3.48. The Balaban J connectivity index is 1.87. The zero-order valence-corrected chi connectivity index (χ0v) is 11.8. The number of methoxy groups -OCH3 is 1. The van der Waals surface area contributed by atoms with Crippen molar-refractivity contribution in [1.82, 2.24) is 15.0 Å². The highest BCUT2D eigenvalue weighted by Gasteiger charge is 2.22. The van der Waals surface area contributed by atoms with E-state index >= 15 is 0 Å². The lowest BCUT2D eigenvalue weighted by Gasteiger charge is -2.25. The Morgan fingerprint density at radius 1 is 1.15 bits per heavy atom. The average molecular weight is 292 g/mol. The summed E-state index contributed by atoms with van der Waals surface area (Å²) in [5, 5.41) is 0.0657.